The molecule has 0 radical (unpaired) electrons. The van der Waals surface area contributed by atoms with Gasteiger partial charge in [-0.1, -0.05) is 12.1 Å². The highest BCUT2D eigenvalue weighted by Gasteiger charge is 2.34. The minimum Gasteiger partial charge on any atom is -0.340 e. The van der Waals surface area contributed by atoms with E-state index in [0.717, 1.165) is 5.56 Å². The summed E-state index contributed by atoms with van der Waals surface area (Å²) in [6, 6.07) is 5.61. The second-order valence-electron chi connectivity index (χ2n) is 6.23. The number of carbonyl (C=O) groups is 1. The molecule has 2 rings (SSSR count). The van der Waals surface area contributed by atoms with Crippen LogP contribution in [0, 0.1) is 5.82 Å². The number of rotatable bonds is 5. The fourth-order valence-corrected chi connectivity index (χ4v) is 4.58. The summed E-state index contributed by atoms with van der Waals surface area (Å²) in [5, 5.41) is 0. The van der Waals surface area contributed by atoms with Gasteiger partial charge in [-0.2, -0.15) is 0 Å². The molecule has 0 N–H and O–H groups in total. The van der Waals surface area contributed by atoms with Crippen molar-refractivity contribution in [3.05, 3.63) is 35.6 Å². The van der Waals surface area contributed by atoms with Crippen LogP contribution in [0.5, 0.6) is 0 Å². The Morgan fingerprint density at radius 1 is 1.39 bits per heavy atom. The van der Waals surface area contributed by atoms with Crippen LogP contribution in [-0.2, 0) is 21.2 Å². The van der Waals surface area contributed by atoms with E-state index >= 15 is 0 Å². The summed E-state index contributed by atoms with van der Waals surface area (Å²) < 4.78 is 36.4. The zero-order chi connectivity index (χ0) is 17.2. The first-order chi connectivity index (χ1) is 10.7. The SMILES string of the molecule is C[C@H](C(=O)N(C)[C@H]1CCS(=O)(=O)C1)N(C)Cc1cccc(F)c1. The fourth-order valence-electron chi connectivity index (χ4n) is 2.80. The second-order valence-corrected chi connectivity index (χ2v) is 8.46. The van der Waals surface area contributed by atoms with E-state index in [0.29, 0.717) is 13.0 Å². The average molecular weight is 342 g/mol. The summed E-state index contributed by atoms with van der Waals surface area (Å²) in [5.74, 6) is -0.243. The van der Waals surface area contributed by atoms with E-state index in [1.165, 1.54) is 17.0 Å². The van der Waals surface area contributed by atoms with Crippen LogP contribution in [0.3, 0.4) is 0 Å². The highest BCUT2D eigenvalue weighted by atomic mass is 32.2. The Kier molecular flexibility index (Phi) is 5.41. The zero-order valence-corrected chi connectivity index (χ0v) is 14.5. The molecule has 0 bridgehead atoms. The number of carbonyl (C=O) groups excluding carboxylic acids is 1. The van der Waals surface area contributed by atoms with Gasteiger partial charge in [0.15, 0.2) is 9.84 Å². The van der Waals surface area contributed by atoms with Gasteiger partial charge in [0.05, 0.1) is 17.5 Å². The highest BCUT2D eigenvalue weighted by molar-refractivity contribution is 7.91. The quantitative estimate of drug-likeness (QED) is 0.809. The Balaban J connectivity index is 1.98. The van der Waals surface area contributed by atoms with Gasteiger partial charge in [-0.3, -0.25) is 9.69 Å². The molecule has 0 unspecified atom stereocenters. The molecule has 0 spiro atoms. The number of hydrogen-bond acceptors (Lipinski definition) is 4. The van der Waals surface area contributed by atoms with E-state index in [2.05, 4.69) is 0 Å². The van der Waals surface area contributed by atoms with Crippen molar-refractivity contribution in [3.8, 4) is 0 Å². The monoisotopic (exact) mass is 342 g/mol. The van der Waals surface area contributed by atoms with E-state index < -0.39 is 15.9 Å². The van der Waals surface area contributed by atoms with E-state index in [1.807, 2.05) is 11.0 Å². The molecule has 2 atom stereocenters. The van der Waals surface area contributed by atoms with Gasteiger partial charge in [0.2, 0.25) is 5.91 Å². The van der Waals surface area contributed by atoms with Crippen molar-refractivity contribution in [2.45, 2.75) is 32.0 Å². The van der Waals surface area contributed by atoms with Crippen molar-refractivity contribution in [2.24, 2.45) is 0 Å². The molecule has 128 valence electrons. The lowest BCUT2D eigenvalue weighted by Gasteiger charge is -2.31. The number of halogens is 1. The maximum absolute atomic E-state index is 13.2. The predicted molar refractivity (Wildman–Crippen MR) is 87.2 cm³/mol. The molecule has 1 heterocycles. The van der Waals surface area contributed by atoms with Gasteiger partial charge >= 0.3 is 0 Å². The number of benzene rings is 1. The van der Waals surface area contributed by atoms with Crippen LogP contribution in [0.15, 0.2) is 24.3 Å². The summed E-state index contributed by atoms with van der Waals surface area (Å²) in [5.41, 5.74) is 0.790. The van der Waals surface area contributed by atoms with E-state index in [4.69, 9.17) is 0 Å². The maximum atomic E-state index is 13.2. The number of nitrogens with zero attached hydrogens (tertiary/aromatic N) is 2. The normalized spacial score (nSPS) is 21.3. The molecule has 0 saturated carbocycles. The zero-order valence-electron chi connectivity index (χ0n) is 13.7. The van der Waals surface area contributed by atoms with Gasteiger partial charge in [0.1, 0.15) is 5.82 Å². The van der Waals surface area contributed by atoms with Crippen LogP contribution < -0.4 is 0 Å². The molecular formula is C16H23FN2O3S. The van der Waals surface area contributed by atoms with Crippen LogP contribution in [0.4, 0.5) is 4.39 Å². The van der Waals surface area contributed by atoms with E-state index in [9.17, 15) is 17.6 Å². The highest BCUT2D eigenvalue weighted by Crippen LogP contribution is 2.18. The van der Waals surface area contributed by atoms with E-state index in [-0.39, 0.29) is 29.3 Å². The molecule has 0 aliphatic carbocycles. The molecule has 1 aliphatic heterocycles. The summed E-state index contributed by atoms with van der Waals surface area (Å²) in [6.45, 7) is 2.23. The summed E-state index contributed by atoms with van der Waals surface area (Å²) in [6.07, 6.45) is 0.491. The third-order valence-corrected chi connectivity index (χ3v) is 6.19. The topological polar surface area (TPSA) is 57.7 Å². The lowest BCUT2D eigenvalue weighted by Crippen LogP contribution is -2.48. The van der Waals surface area contributed by atoms with Crippen LogP contribution >= 0.6 is 0 Å². The lowest BCUT2D eigenvalue weighted by molar-refractivity contribution is -0.136. The molecule has 1 aromatic rings. The Hall–Kier alpha value is -1.47. The van der Waals surface area contributed by atoms with Crippen LogP contribution in [0.2, 0.25) is 0 Å². The smallest absolute Gasteiger partial charge is 0.239 e. The van der Waals surface area contributed by atoms with Gasteiger partial charge in [-0.15, -0.1) is 0 Å². The van der Waals surface area contributed by atoms with Crippen LogP contribution in [-0.4, -0.2) is 61.8 Å². The molecule has 1 fully saturated rings. The average Bonchev–Trinajstić information content (AvgIpc) is 2.85. The maximum Gasteiger partial charge on any atom is 0.239 e. The molecule has 1 amide bonds. The van der Waals surface area contributed by atoms with Gasteiger partial charge < -0.3 is 4.90 Å². The molecule has 7 heteroatoms. The number of likely N-dealkylation sites (N-methyl/N-ethyl adjacent to an activating group) is 2. The Bertz CT molecular complexity index is 678. The van der Waals surface area contributed by atoms with Gasteiger partial charge in [-0.25, -0.2) is 12.8 Å². The minimum atomic E-state index is -3.02. The lowest BCUT2D eigenvalue weighted by atomic mass is 10.1. The molecular weight excluding hydrogens is 319 g/mol. The predicted octanol–water partition coefficient (Wildman–Crippen LogP) is 1.29. The minimum absolute atomic E-state index is 0.0373. The number of hydrogen-bond donors (Lipinski definition) is 0. The first kappa shape index (κ1) is 17.9. The first-order valence-corrected chi connectivity index (χ1v) is 9.43. The van der Waals surface area contributed by atoms with Crippen molar-refractivity contribution in [1.82, 2.24) is 9.80 Å². The van der Waals surface area contributed by atoms with Gasteiger partial charge in [-0.05, 0) is 38.1 Å². The number of sulfone groups is 1. The fraction of sp³-hybridized carbons (Fsp3) is 0.562. The standard InChI is InChI=1S/C16H23FN2O3S/c1-12(18(2)10-13-5-4-6-14(17)9-13)16(20)19(3)15-7-8-23(21,22)11-15/h4-6,9,12,15H,7-8,10-11H2,1-3H3/t12-,15+/m1/s1. The van der Waals surface area contributed by atoms with Crippen molar-refractivity contribution in [1.29, 1.82) is 0 Å². The first-order valence-electron chi connectivity index (χ1n) is 7.61. The van der Waals surface area contributed by atoms with Crippen molar-refractivity contribution >= 4 is 15.7 Å². The molecule has 23 heavy (non-hydrogen) atoms. The molecule has 5 nitrogen and oxygen atoms in total. The van der Waals surface area contributed by atoms with Crippen LogP contribution in [0.1, 0.15) is 18.9 Å². The second kappa shape index (κ2) is 6.97. The van der Waals surface area contributed by atoms with Crippen molar-refractivity contribution in [3.63, 3.8) is 0 Å². The number of amides is 1. The van der Waals surface area contributed by atoms with E-state index in [1.54, 1.807) is 27.1 Å². The third-order valence-electron chi connectivity index (χ3n) is 4.44. The molecule has 1 aromatic carbocycles. The summed E-state index contributed by atoms with van der Waals surface area (Å²) >= 11 is 0. The Morgan fingerprint density at radius 2 is 2.09 bits per heavy atom. The Labute approximate surface area is 137 Å². The molecule has 0 aromatic heterocycles. The van der Waals surface area contributed by atoms with Crippen molar-refractivity contribution < 1.29 is 17.6 Å². The molecule has 1 saturated heterocycles. The van der Waals surface area contributed by atoms with Gasteiger partial charge in [0.25, 0.3) is 0 Å². The molecule has 1 aliphatic rings. The van der Waals surface area contributed by atoms with Gasteiger partial charge in [0, 0.05) is 19.6 Å². The largest absolute Gasteiger partial charge is 0.340 e. The van der Waals surface area contributed by atoms with Crippen LogP contribution in [0.25, 0.3) is 0 Å². The summed E-state index contributed by atoms with van der Waals surface area (Å²) in [4.78, 5) is 15.9. The Morgan fingerprint density at radius 3 is 2.65 bits per heavy atom. The summed E-state index contributed by atoms with van der Waals surface area (Å²) in [7, 11) is 0.429. The third kappa shape index (κ3) is 4.51. The van der Waals surface area contributed by atoms with Crippen molar-refractivity contribution in [2.75, 3.05) is 25.6 Å².